The van der Waals surface area contributed by atoms with Gasteiger partial charge in [-0.25, -0.2) is 4.79 Å². The van der Waals surface area contributed by atoms with Crippen molar-refractivity contribution in [2.45, 2.75) is 63.7 Å². The van der Waals surface area contributed by atoms with E-state index in [0.29, 0.717) is 29.9 Å². The molecule has 12 heteroatoms. The van der Waals surface area contributed by atoms with Gasteiger partial charge in [-0.3, -0.25) is 14.4 Å². The van der Waals surface area contributed by atoms with Crippen molar-refractivity contribution < 1.29 is 29.4 Å². The number of benzene rings is 1. The average molecular weight is 557 g/mol. The molecule has 0 saturated heterocycles. The maximum Gasteiger partial charge on any atom is 0.326 e. The predicted octanol–water partition coefficient (Wildman–Crippen LogP) is 1.35. The van der Waals surface area contributed by atoms with Gasteiger partial charge in [0.1, 0.15) is 23.9 Å². The van der Waals surface area contributed by atoms with Crippen molar-refractivity contribution in [3.05, 3.63) is 29.8 Å². The molecule has 1 aromatic carbocycles. The minimum absolute atomic E-state index is 0.0656. The van der Waals surface area contributed by atoms with Crippen LogP contribution in [0, 0.1) is 5.92 Å². The van der Waals surface area contributed by atoms with Gasteiger partial charge >= 0.3 is 5.97 Å². The van der Waals surface area contributed by atoms with Crippen LogP contribution in [0.25, 0.3) is 0 Å². The average Bonchev–Trinajstić information content (AvgIpc) is 2.87. The zero-order valence-corrected chi connectivity index (χ0v) is 23.5. The van der Waals surface area contributed by atoms with Gasteiger partial charge in [-0.05, 0) is 60.5 Å². The number of rotatable bonds is 17. The third-order valence-electron chi connectivity index (χ3n) is 6.00. The van der Waals surface area contributed by atoms with Crippen LogP contribution < -0.4 is 21.7 Å². The second-order valence-corrected chi connectivity index (χ2v) is 10.8. The number of hydrogen-bond donors (Lipinski definition) is 6. The molecule has 0 heterocycles. The first-order chi connectivity index (χ1) is 17.5. The molecule has 1 aromatic rings. The molecular formula is C25H40N4O6S2. The van der Waals surface area contributed by atoms with E-state index in [9.17, 15) is 29.4 Å². The van der Waals surface area contributed by atoms with Crippen molar-refractivity contribution in [2.24, 2.45) is 11.7 Å². The Bertz CT molecular complexity index is 886. The topological polar surface area (TPSA) is 171 Å². The zero-order valence-electron chi connectivity index (χ0n) is 21.9. The first-order valence-electron chi connectivity index (χ1n) is 12.2. The van der Waals surface area contributed by atoms with Crippen LogP contribution in [0.5, 0.6) is 5.75 Å². The molecule has 37 heavy (non-hydrogen) atoms. The number of aliphatic carboxylic acids is 1. The number of carbonyl (C=O) groups excluding carboxylic acids is 3. The Kier molecular flexibility index (Phi) is 15.1. The lowest BCUT2D eigenvalue weighted by Crippen LogP contribution is -2.59. The van der Waals surface area contributed by atoms with E-state index in [0.717, 1.165) is 0 Å². The van der Waals surface area contributed by atoms with Crippen LogP contribution in [-0.4, -0.2) is 82.1 Å². The highest BCUT2D eigenvalue weighted by molar-refractivity contribution is 7.98. The summed E-state index contributed by atoms with van der Waals surface area (Å²) in [6, 6.07) is 2.31. The molecule has 0 bridgehead atoms. The Hall–Kier alpha value is -2.44. The molecule has 5 atom stereocenters. The second-order valence-electron chi connectivity index (χ2n) is 8.87. The number of phenolic OH excluding ortho intramolecular Hbond substituents is 1. The Balaban J connectivity index is 3.12. The summed E-state index contributed by atoms with van der Waals surface area (Å²) in [5.41, 5.74) is 6.68. The van der Waals surface area contributed by atoms with Crippen LogP contribution in [0.4, 0.5) is 0 Å². The van der Waals surface area contributed by atoms with E-state index < -0.39 is 47.9 Å². The van der Waals surface area contributed by atoms with Crippen molar-refractivity contribution in [1.29, 1.82) is 0 Å². The lowest BCUT2D eigenvalue weighted by atomic mass is 9.96. The standard InChI is InChI=1S/C25H40N4O6S2/c1-5-15(2)21(24(33)27-19(25(34)35)11-13-37-4)29-23(32)20(14-16-6-8-17(30)9-7-16)28-22(31)18(26)10-12-36-3/h6-9,15,18-21,30H,5,10-14,26H2,1-4H3,(H,27,33)(H,28,31)(H,29,32)(H,34,35). The molecule has 0 spiro atoms. The molecule has 0 fully saturated rings. The maximum absolute atomic E-state index is 13.4. The van der Waals surface area contributed by atoms with Gasteiger partial charge in [-0.2, -0.15) is 23.5 Å². The largest absolute Gasteiger partial charge is 0.508 e. The van der Waals surface area contributed by atoms with E-state index in [1.807, 2.05) is 19.4 Å². The summed E-state index contributed by atoms with van der Waals surface area (Å²) in [6.07, 6.45) is 5.09. The van der Waals surface area contributed by atoms with Crippen molar-refractivity contribution in [3.8, 4) is 5.75 Å². The Morgan fingerprint density at radius 1 is 0.892 bits per heavy atom. The van der Waals surface area contributed by atoms with Gasteiger partial charge in [-0.15, -0.1) is 0 Å². The molecule has 0 radical (unpaired) electrons. The first kappa shape index (κ1) is 32.6. The highest BCUT2D eigenvalue weighted by Gasteiger charge is 2.32. The number of amides is 3. The fraction of sp³-hybridized carbons (Fsp3) is 0.600. The highest BCUT2D eigenvalue weighted by Crippen LogP contribution is 2.14. The van der Waals surface area contributed by atoms with Crippen LogP contribution in [0.3, 0.4) is 0 Å². The van der Waals surface area contributed by atoms with Crippen LogP contribution in [0.15, 0.2) is 24.3 Å². The third-order valence-corrected chi connectivity index (χ3v) is 7.29. The monoisotopic (exact) mass is 556 g/mol. The molecule has 1 rings (SSSR count). The summed E-state index contributed by atoms with van der Waals surface area (Å²) in [5, 5.41) is 27.1. The Morgan fingerprint density at radius 3 is 2.00 bits per heavy atom. The fourth-order valence-corrected chi connectivity index (χ4v) is 4.40. The number of carboxylic acids is 1. The predicted molar refractivity (Wildman–Crippen MR) is 149 cm³/mol. The number of carbonyl (C=O) groups is 4. The summed E-state index contributed by atoms with van der Waals surface area (Å²) in [7, 11) is 0. The molecule has 0 aliphatic heterocycles. The highest BCUT2D eigenvalue weighted by atomic mass is 32.2. The van der Waals surface area contributed by atoms with Gasteiger partial charge in [-0.1, -0.05) is 32.4 Å². The van der Waals surface area contributed by atoms with Gasteiger partial charge in [0.15, 0.2) is 0 Å². The number of nitrogens with one attached hydrogen (secondary N) is 3. The Morgan fingerprint density at radius 2 is 1.46 bits per heavy atom. The van der Waals surface area contributed by atoms with E-state index >= 15 is 0 Å². The minimum Gasteiger partial charge on any atom is -0.508 e. The maximum atomic E-state index is 13.4. The van der Waals surface area contributed by atoms with E-state index in [1.165, 1.54) is 23.9 Å². The zero-order chi connectivity index (χ0) is 28.0. The van der Waals surface area contributed by atoms with Crippen molar-refractivity contribution in [3.63, 3.8) is 0 Å². The number of nitrogens with two attached hydrogens (primary N) is 1. The molecule has 0 aromatic heterocycles. The molecule has 0 aliphatic carbocycles. The third kappa shape index (κ3) is 11.7. The lowest BCUT2D eigenvalue weighted by Gasteiger charge is -2.28. The van der Waals surface area contributed by atoms with Crippen LogP contribution >= 0.6 is 23.5 Å². The smallest absolute Gasteiger partial charge is 0.326 e. The van der Waals surface area contributed by atoms with Crippen molar-refractivity contribution in [1.82, 2.24) is 16.0 Å². The SMILES string of the molecule is CCC(C)C(NC(=O)C(Cc1ccc(O)cc1)NC(=O)C(N)CCSC)C(=O)NC(CCSC)C(=O)O. The van der Waals surface area contributed by atoms with Crippen LogP contribution in [-0.2, 0) is 25.6 Å². The summed E-state index contributed by atoms with van der Waals surface area (Å²) in [5.74, 6) is -1.81. The molecule has 0 saturated carbocycles. The van der Waals surface area contributed by atoms with Gasteiger partial charge in [0.2, 0.25) is 17.7 Å². The number of aromatic hydroxyl groups is 1. The van der Waals surface area contributed by atoms with E-state index in [2.05, 4.69) is 16.0 Å². The van der Waals surface area contributed by atoms with Gasteiger partial charge < -0.3 is 31.9 Å². The molecule has 7 N–H and O–H groups in total. The van der Waals surface area contributed by atoms with Crippen LogP contribution in [0.1, 0.15) is 38.7 Å². The van der Waals surface area contributed by atoms with Gasteiger partial charge in [0.25, 0.3) is 0 Å². The normalized spacial score (nSPS) is 15.1. The number of carboxylic acid groups (broad SMARTS) is 1. The van der Waals surface area contributed by atoms with Gasteiger partial charge in [0.05, 0.1) is 6.04 Å². The minimum atomic E-state index is -1.15. The molecule has 0 aliphatic rings. The molecule has 208 valence electrons. The lowest BCUT2D eigenvalue weighted by molar-refractivity contribution is -0.142. The van der Waals surface area contributed by atoms with E-state index in [4.69, 9.17) is 5.73 Å². The van der Waals surface area contributed by atoms with E-state index in [-0.39, 0.29) is 24.5 Å². The number of phenols is 1. The number of thioether (sulfide) groups is 2. The summed E-state index contributed by atoms with van der Waals surface area (Å²) in [4.78, 5) is 50.8. The summed E-state index contributed by atoms with van der Waals surface area (Å²) < 4.78 is 0. The molecular weight excluding hydrogens is 516 g/mol. The van der Waals surface area contributed by atoms with Gasteiger partial charge in [0, 0.05) is 6.42 Å². The molecule has 10 nitrogen and oxygen atoms in total. The summed E-state index contributed by atoms with van der Waals surface area (Å²) in [6.45, 7) is 3.65. The summed E-state index contributed by atoms with van der Waals surface area (Å²) >= 11 is 3.03. The first-order valence-corrected chi connectivity index (χ1v) is 15.0. The number of hydrogen-bond acceptors (Lipinski definition) is 8. The van der Waals surface area contributed by atoms with Crippen LogP contribution in [0.2, 0.25) is 0 Å². The second kappa shape index (κ2) is 17.1. The van der Waals surface area contributed by atoms with E-state index in [1.54, 1.807) is 30.8 Å². The quantitative estimate of drug-likeness (QED) is 0.166. The molecule has 3 amide bonds. The van der Waals surface area contributed by atoms with Crippen molar-refractivity contribution >= 4 is 47.2 Å². The van der Waals surface area contributed by atoms with Crippen molar-refractivity contribution in [2.75, 3.05) is 24.0 Å². The fourth-order valence-electron chi connectivity index (χ4n) is 3.44. The molecule has 5 unspecified atom stereocenters. The Labute approximate surface area is 227 Å².